The van der Waals surface area contributed by atoms with E-state index < -0.39 is 0 Å². The van der Waals surface area contributed by atoms with Gasteiger partial charge in [0, 0.05) is 38.9 Å². The van der Waals surface area contributed by atoms with Crippen molar-refractivity contribution in [1.82, 2.24) is 20.5 Å². The van der Waals surface area contributed by atoms with Crippen LogP contribution in [0.25, 0.3) is 0 Å². The molecule has 0 atom stereocenters. The molecule has 0 aromatic carbocycles. The van der Waals surface area contributed by atoms with Crippen molar-refractivity contribution in [3.8, 4) is 5.88 Å². The lowest BCUT2D eigenvalue weighted by Crippen LogP contribution is -2.42. The SMILES string of the molecule is CCCOc1ccc(CNC(=NC)NCCN2CCCCC2)cn1. The van der Waals surface area contributed by atoms with E-state index in [1.54, 1.807) is 7.05 Å². The van der Waals surface area contributed by atoms with Crippen molar-refractivity contribution in [3.63, 3.8) is 0 Å². The Kier molecular flexibility index (Phi) is 8.38. The van der Waals surface area contributed by atoms with E-state index in [4.69, 9.17) is 4.74 Å². The summed E-state index contributed by atoms with van der Waals surface area (Å²) in [5.74, 6) is 1.52. The molecule has 2 heterocycles. The first kappa shape index (κ1) is 18.5. The van der Waals surface area contributed by atoms with Crippen LogP contribution in [-0.4, -0.2) is 55.7 Å². The number of pyridine rings is 1. The van der Waals surface area contributed by atoms with Gasteiger partial charge in [-0.05, 0) is 37.9 Å². The number of hydrogen-bond acceptors (Lipinski definition) is 4. The summed E-state index contributed by atoms with van der Waals surface area (Å²) in [6.45, 7) is 7.94. The van der Waals surface area contributed by atoms with Crippen LogP contribution in [0.2, 0.25) is 0 Å². The lowest BCUT2D eigenvalue weighted by molar-refractivity contribution is 0.232. The van der Waals surface area contributed by atoms with Gasteiger partial charge in [0.25, 0.3) is 0 Å². The van der Waals surface area contributed by atoms with Gasteiger partial charge in [0.15, 0.2) is 5.96 Å². The molecule has 6 nitrogen and oxygen atoms in total. The van der Waals surface area contributed by atoms with Crippen LogP contribution >= 0.6 is 0 Å². The van der Waals surface area contributed by atoms with Crippen LogP contribution in [0.4, 0.5) is 0 Å². The minimum absolute atomic E-state index is 0.685. The summed E-state index contributed by atoms with van der Waals surface area (Å²) in [5, 5.41) is 6.70. The van der Waals surface area contributed by atoms with Gasteiger partial charge in [0.05, 0.1) is 6.61 Å². The molecule has 1 aliphatic rings. The van der Waals surface area contributed by atoms with Crippen LogP contribution in [-0.2, 0) is 6.54 Å². The molecular formula is C18H31N5O. The van der Waals surface area contributed by atoms with E-state index in [1.165, 1.54) is 32.4 Å². The second-order valence-electron chi connectivity index (χ2n) is 6.11. The number of likely N-dealkylation sites (tertiary alicyclic amines) is 1. The molecule has 1 aromatic heterocycles. The number of nitrogens with one attached hydrogen (secondary N) is 2. The summed E-state index contributed by atoms with van der Waals surface area (Å²) in [7, 11) is 1.80. The van der Waals surface area contributed by atoms with Gasteiger partial charge in [-0.25, -0.2) is 4.98 Å². The Bertz CT molecular complexity index is 483. The fourth-order valence-electron chi connectivity index (χ4n) is 2.73. The van der Waals surface area contributed by atoms with E-state index in [1.807, 2.05) is 18.3 Å². The molecule has 134 valence electrons. The maximum atomic E-state index is 5.50. The molecule has 0 saturated carbocycles. The predicted octanol–water partition coefficient (Wildman–Crippen LogP) is 2.02. The third kappa shape index (κ3) is 6.74. The minimum Gasteiger partial charge on any atom is -0.478 e. The third-order valence-electron chi connectivity index (χ3n) is 4.10. The Morgan fingerprint density at radius 3 is 2.75 bits per heavy atom. The zero-order valence-electron chi connectivity index (χ0n) is 15.1. The third-order valence-corrected chi connectivity index (χ3v) is 4.10. The summed E-state index contributed by atoms with van der Waals surface area (Å²) in [6, 6.07) is 3.95. The number of rotatable bonds is 8. The second-order valence-corrected chi connectivity index (χ2v) is 6.11. The molecule has 0 aliphatic carbocycles. The smallest absolute Gasteiger partial charge is 0.213 e. The summed E-state index contributed by atoms with van der Waals surface area (Å²) in [4.78, 5) is 11.1. The van der Waals surface area contributed by atoms with Crippen molar-refractivity contribution in [2.75, 3.05) is 39.8 Å². The highest BCUT2D eigenvalue weighted by Crippen LogP contribution is 2.08. The molecule has 24 heavy (non-hydrogen) atoms. The minimum atomic E-state index is 0.685. The number of ether oxygens (including phenoxy) is 1. The predicted molar refractivity (Wildman–Crippen MR) is 98.5 cm³/mol. The van der Waals surface area contributed by atoms with Crippen molar-refractivity contribution in [2.45, 2.75) is 39.2 Å². The Hall–Kier alpha value is -1.82. The molecule has 1 fully saturated rings. The van der Waals surface area contributed by atoms with Gasteiger partial charge in [-0.2, -0.15) is 0 Å². The van der Waals surface area contributed by atoms with E-state index in [9.17, 15) is 0 Å². The highest BCUT2D eigenvalue weighted by atomic mass is 16.5. The van der Waals surface area contributed by atoms with Crippen LogP contribution in [0.5, 0.6) is 5.88 Å². The van der Waals surface area contributed by atoms with Crippen molar-refractivity contribution in [3.05, 3.63) is 23.9 Å². The summed E-state index contributed by atoms with van der Waals surface area (Å²) in [5.41, 5.74) is 1.11. The normalized spacial score (nSPS) is 16.0. The Labute approximate surface area is 145 Å². The molecule has 0 unspecified atom stereocenters. The monoisotopic (exact) mass is 333 g/mol. The lowest BCUT2D eigenvalue weighted by Gasteiger charge is -2.26. The zero-order valence-corrected chi connectivity index (χ0v) is 15.1. The van der Waals surface area contributed by atoms with E-state index in [0.717, 1.165) is 31.0 Å². The Morgan fingerprint density at radius 1 is 1.25 bits per heavy atom. The number of aromatic nitrogens is 1. The van der Waals surface area contributed by atoms with Crippen molar-refractivity contribution < 1.29 is 4.74 Å². The standard InChI is InChI=1S/C18H31N5O/c1-3-13-24-17-8-7-16(14-21-17)15-22-18(19-2)20-9-12-23-10-5-4-6-11-23/h7-8,14H,3-6,9-13,15H2,1-2H3,(H2,19,20,22). The van der Waals surface area contributed by atoms with Crippen molar-refractivity contribution >= 4 is 5.96 Å². The van der Waals surface area contributed by atoms with Gasteiger partial charge in [-0.1, -0.05) is 19.4 Å². The Balaban J connectivity index is 1.67. The van der Waals surface area contributed by atoms with Gasteiger partial charge in [0.1, 0.15) is 0 Å². The molecule has 0 spiro atoms. The number of aliphatic imine (C=N–C) groups is 1. The van der Waals surface area contributed by atoms with Gasteiger partial charge in [0.2, 0.25) is 5.88 Å². The van der Waals surface area contributed by atoms with Crippen LogP contribution in [0, 0.1) is 0 Å². The van der Waals surface area contributed by atoms with Crippen LogP contribution in [0.15, 0.2) is 23.3 Å². The molecule has 2 N–H and O–H groups in total. The molecule has 1 saturated heterocycles. The maximum Gasteiger partial charge on any atom is 0.213 e. The molecule has 1 aliphatic heterocycles. The zero-order chi connectivity index (χ0) is 17.0. The first-order valence-electron chi connectivity index (χ1n) is 9.06. The molecule has 0 bridgehead atoms. The number of nitrogens with zero attached hydrogens (tertiary/aromatic N) is 3. The molecule has 0 amide bonds. The van der Waals surface area contributed by atoms with Crippen LogP contribution < -0.4 is 15.4 Å². The van der Waals surface area contributed by atoms with Crippen LogP contribution in [0.1, 0.15) is 38.2 Å². The lowest BCUT2D eigenvalue weighted by atomic mass is 10.1. The van der Waals surface area contributed by atoms with E-state index in [2.05, 4.69) is 32.4 Å². The van der Waals surface area contributed by atoms with Gasteiger partial charge in [-0.3, -0.25) is 4.99 Å². The highest BCUT2D eigenvalue weighted by Gasteiger charge is 2.09. The van der Waals surface area contributed by atoms with Crippen molar-refractivity contribution in [2.24, 2.45) is 4.99 Å². The average molecular weight is 333 g/mol. The molecule has 6 heteroatoms. The number of piperidine rings is 1. The number of hydrogen-bond donors (Lipinski definition) is 2. The average Bonchev–Trinajstić information content (AvgIpc) is 2.64. The quantitative estimate of drug-likeness (QED) is 0.563. The van der Waals surface area contributed by atoms with Gasteiger partial charge in [-0.15, -0.1) is 0 Å². The fourth-order valence-corrected chi connectivity index (χ4v) is 2.73. The molecule has 0 radical (unpaired) electrons. The van der Waals surface area contributed by atoms with E-state index in [-0.39, 0.29) is 0 Å². The first-order valence-corrected chi connectivity index (χ1v) is 9.06. The van der Waals surface area contributed by atoms with E-state index in [0.29, 0.717) is 19.0 Å². The topological polar surface area (TPSA) is 61.8 Å². The fraction of sp³-hybridized carbons (Fsp3) is 0.667. The van der Waals surface area contributed by atoms with Gasteiger partial charge < -0.3 is 20.3 Å². The summed E-state index contributed by atoms with van der Waals surface area (Å²) < 4.78 is 5.50. The molecule has 2 rings (SSSR count). The first-order chi connectivity index (χ1) is 11.8. The second kappa shape index (κ2) is 10.9. The van der Waals surface area contributed by atoms with Gasteiger partial charge >= 0.3 is 0 Å². The highest BCUT2D eigenvalue weighted by molar-refractivity contribution is 5.79. The van der Waals surface area contributed by atoms with E-state index >= 15 is 0 Å². The summed E-state index contributed by atoms with van der Waals surface area (Å²) in [6.07, 6.45) is 6.88. The Morgan fingerprint density at radius 2 is 2.08 bits per heavy atom. The summed E-state index contributed by atoms with van der Waals surface area (Å²) >= 11 is 0. The van der Waals surface area contributed by atoms with Crippen molar-refractivity contribution in [1.29, 1.82) is 0 Å². The largest absolute Gasteiger partial charge is 0.478 e. The maximum absolute atomic E-state index is 5.50. The number of guanidine groups is 1. The van der Waals surface area contributed by atoms with Crippen LogP contribution in [0.3, 0.4) is 0 Å². The molecule has 1 aromatic rings. The molecular weight excluding hydrogens is 302 g/mol.